The highest BCUT2D eigenvalue weighted by atomic mass is 16.5. The molecule has 1 aromatic heterocycles. The van der Waals surface area contributed by atoms with Crippen molar-refractivity contribution in [2.45, 2.75) is 13.3 Å². The summed E-state index contributed by atoms with van der Waals surface area (Å²) < 4.78 is 5.07. The second-order valence-corrected chi connectivity index (χ2v) is 2.55. The zero-order valence-corrected chi connectivity index (χ0v) is 7.36. The van der Waals surface area contributed by atoms with Crippen molar-refractivity contribution in [3.63, 3.8) is 0 Å². The van der Waals surface area contributed by atoms with E-state index in [9.17, 15) is 4.79 Å². The average molecular weight is 181 g/mol. The van der Waals surface area contributed by atoms with E-state index in [-0.39, 0.29) is 19.0 Å². The van der Waals surface area contributed by atoms with Gasteiger partial charge in [0, 0.05) is 11.9 Å². The first-order chi connectivity index (χ1) is 6.18. The standard InChI is InChI=1S/C8H11N3O2/c1-6-2-4-10-8(11-6)13-5-3-7(9)12/h2,4H,3,5H2,1H3,(H2,9,12). The zero-order chi connectivity index (χ0) is 9.68. The third-order valence-electron chi connectivity index (χ3n) is 1.35. The number of rotatable bonds is 4. The van der Waals surface area contributed by atoms with Gasteiger partial charge in [-0.2, -0.15) is 0 Å². The van der Waals surface area contributed by atoms with Crippen LogP contribution in [-0.2, 0) is 4.79 Å². The normalized spacial score (nSPS) is 9.62. The van der Waals surface area contributed by atoms with E-state index in [0.29, 0.717) is 0 Å². The number of primary amides is 1. The van der Waals surface area contributed by atoms with Crippen molar-refractivity contribution < 1.29 is 9.53 Å². The van der Waals surface area contributed by atoms with Crippen LogP contribution < -0.4 is 10.5 Å². The fourth-order valence-corrected chi connectivity index (χ4v) is 0.738. The van der Waals surface area contributed by atoms with Crippen LogP contribution in [0.25, 0.3) is 0 Å². The monoisotopic (exact) mass is 181 g/mol. The molecule has 1 heterocycles. The molecule has 0 aliphatic carbocycles. The molecule has 0 saturated heterocycles. The maximum absolute atomic E-state index is 10.4. The summed E-state index contributed by atoms with van der Waals surface area (Å²) in [5.41, 5.74) is 5.75. The SMILES string of the molecule is Cc1ccnc(OCCC(N)=O)n1. The minimum absolute atomic E-state index is 0.178. The molecule has 2 N–H and O–H groups in total. The number of hydrogen-bond donors (Lipinski definition) is 1. The molecule has 0 fully saturated rings. The molecule has 0 radical (unpaired) electrons. The van der Waals surface area contributed by atoms with Gasteiger partial charge in [-0.3, -0.25) is 4.79 Å². The van der Waals surface area contributed by atoms with E-state index < -0.39 is 5.91 Å². The van der Waals surface area contributed by atoms with Gasteiger partial charge in [0.1, 0.15) is 6.61 Å². The highest BCUT2D eigenvalue weighted by molar-refractivity contribution is 5.73. The minimum Gasteiger partial charge on any atom is -0.463 e. The summed E-state index contributed by atoms with van der Waals surface area (Å²) in [6.45, 7) is 2.06. The van der Waals surface area contributed by atoms with Gasteiger partial charge in [-0.15, -0.1) is 0 Å². The highest BCUT2D eigenvalue weighted by Crippen LogP contribution is 2.01. The Morgan fingerprint density at radius 1 is 1.69 bits per heavy atom. The molecule has 0 aliphatic rings. The summed E-state index contributed by atoms with van der Waals surface area (Å²) in [5.74, 6) is -0.396. The molecule has 0 bridgehead atoms. The number of carbonyl (C=O) groups excluding carboxylic acids is 1. The van der Waals surface area contributed by atoms with E-state index >= 15 is 0 Å². The molecule has 0 spiro atoms. The second kappa shape index (κ2) is 4.39. The quantitative estimate of drug-likeness (QED) is 0.711. The van der Waals surface area contributed by atoms with Crippen LogP contribution in [0.5, 0.6) is 6.01 Å². The number of aryl methyl sites for hydroxylation is 1. The number of amides is 1. The summed E-state index contributed by atoms with van der Waals surface area (Å²) in [6, 6.07) is 2.04. The maximum atomic E-state index is 10.4. The third-order valence-corrected chi connectivity index (χ3v) is 1.35. The second-order valence-electron chi connectivity index (χ2n) is 2.55. The number of carbonyl (C=O) groups is 1. The van der Waals surface area contributed by atoms with Gasteiger partial charge in [-0.25, -0.2) is 9.97 Å². The van der Waals surface area contributed by atoms with Crippen LogP contribution in [0, 0.1) is 6.92 Å². The Balaban J connectivity index is 2.41. The smallest absolute Gasteiger partial charge is 0.316 e. The Kier molecular flexibility index (Phi) is 3.19. The summed E-state index contributed by atoms with van der Waals surface area (Å²) in [7, 11) is 0. The van der Waals surface area contributed by atoms with E-state index in [1.165, 1.54) is 0 Å². The van der Waals surface area contributed by atoms with E-state index in [2.05, 4.69) is 9.97 Å². The summed E-state index contributed by atoms with van der Waals surface area (Å²) >= 11 is 0. The number of aromatic nitrogens is 2. The van der Waals surface area contributed by atoms with E-state index in [0.717, 1.165) is 5.69 Å². The van der Waals surface area contributed by atoms with Crippen LogP contribution in [0.3, 0.4) is 0 Å². The molecule has 0 atom stereocenters. The van der Waals surface area contributed by atoms with Gasteiger partial charge in [-0.05, 0) is 13.0 Å². The van der Waals surface area contributed by atoms with E-state index in [1.54, 1.807) is 12.3 Å². The molecule has 1 rings (SSSR count). The van der Waals surface area contributed by atoms with E-state index in [4.69, 9.17) is 10.5 Å². The Labute approximate surface area is 75.9 Å². The number of nitrogens with zero attached hydrogens (tertiary/aromatic N) is 2. The van der Waals surface area contributed by atoms with Crippen molar-refractivity contribution >= 4 is 5.91 Å². The fourth-order valence-electron chi connectivity index (χ4n) is 0.738. The van der Waals surface area contributed by atoms with Gasteiger partial charge in [0.2, 0.25) is 5.91 Å². The predicted molar refractivity (Wildman–Crippen MR) is 46.1 cm³/mol. The Morgan fingerprint density at radius 2 is 2.46 bits per heavy atom. The lowest BCUT2D eigenvalue weighted by Gasteiger charge is -2.01. The lowest BCUT2D eigenvalue weighted by atomic mass is 10.4. The van der Waals surface area contributed by atoms with Crippen molar-refractivity contribution in [1.82, 2.24) is 9.97 Å². The van der Waals surface area contributed by atoms with Gasteiger partial charge in [-0.1, -0.05) is 0 Å². The number of nitrogens with two attached hydrogens (primary N) is 1. The van der Waals surface area contributed by atoms with Gasteiger partial charge in [0.25, 0.3) is 0 Å². The van der Waals surface area contributed by atoms with Crippen LogP contribution >= 0.6 is 0 Å². The van der Waals surface area contributed by atoms with Crippen LogP contribution in [-0.4, -0.2) is 22.5 Å². The first-order valence-corrected chi connectivity index (χ1v) is 3.89. The molecule has 0 aromatic carbocycles. The lowest BCUT2D eigenvalue weighted by molar-refractivity contribution is -0.118. The Hall–Kier alpha value is -1.65. The van der Waals surface area contributed by atoms with E-state index in [1.807, 2.05) is 6.92 Å². The van der Waals surface area contributed by atoms with Crippen molar-refractivity contribution in [3.8, 4) is 6.01 Å². The topological polar surface area (TPSA) is 78.1 Å². The third kappa shape index (κ3) is 3.50. The first-order valence-electron chi connectivity index (χ1n) is 3.89. The first kappa shape index (κ1) is 9.44. The minimum atomic E-state index is -0.396. The number of ether oxygens (including phenoxy) is 1. The Bertz CT molecular complexity index is 301. The highest BCUT2D eigenvalue weighted by Gasteiger charge is 1.98. The zero-order valence-electron chi connectivity index (χ0n) is 7.36. The molecule has 70 valence electrons. The molecule has 0 saturated carbocycles. The summed E-state index contributed by atoms with van der Waals surface area (Å²) in [6.07, 6.45) is 1.78. The molecular formula is C8H11N3O2. The van der Waals surface area contributed by atoms with Crippen LogP contribution in [0.15, 0.2) is 12.3 Å². The molecule has 1 amide bonds. The number of hydrogen-bond acceptors (Lipinski definition) is 4. The largest absolute Gasteiger partial charge is 0.463 e. The molecule has 0 unspecified atom stereocenters. The fraction of sp³-hybridized carbons (Fsp3) is 0.375. The van der Waals surface area contributed by atoms with Crippen LogP contribution in [0.4, 0.5) is 0 Å². The lowest BCUT2D eigenvalue weighted by Crippen LogP contribution is -2.15. The van der Waals surface area contributed by atoms with Gasteiger partial charge < -0.3 is 10.5 Å². The molecule has 5 heteroatoms. The molecular weight excluding hydrogens is 170 g/mol. The van der Waals surface area contributed by atoms with Gasteiger partial charge >= 0.3 is 6.01 Å². The molecule has 13 heavy (non-hydrogen) atoms. The Morgan fingerprint density at radius 3 is 3.08 bits per heavy atom. The molecule has 0 aliphatic heterocycles. The van der Waals surface area contributed by atoms with Crippen LogP contribution in [0.1, 0.15) is 12.1 Å². The summed E-state index contributed by atoms with van der Waals surface area (Å²) in [5, 5.41) is 0. The molecule has 1 aromatic rings. The van der Waals surface area contributed by atoms with Crippen molar-refractivity contribution in [3.05, 3.63) is 18.0 Å². The predicted octanol–water partition coefficient (Wildman–Crippen LogP) is 0.0392. The van der Waals surface area contributed by atoms with Crippen molar-refractivity contribution in [1.29, 1.82) is 0 Å². The van der Waals surface area contributed by atoms with Gasteiger partial charge in [0.05, 0.1) is 6.42 Å². The van der Waals surface area contributed by atoms with Gasteiger partial charge in [0.15, 0.2) is 0 Å². The maximum Gasteiger partial charge on any atom is 0.316 e. The average Bonchev–Trinajstić information content (AvgIpc) is 2.03. The van der Waals surface area contributed by atoms with Crippen LogP contribution in [0.2, 0.25) is 0 Å². The molecule has 5 nitrogen and oxygen atoms in total. The summed E-state index contributed by atoms with van der Waals surface area (Å²) in [4.78, 5) is 18.2. The van der Waals surface area contributed by atoms with Crippen molar-refractivity contribution in [2.75, 3.05) is 6.61 Å². The van der Waals surface area contributed by atoms with Crippen molar-refractivity contribution in [2.24, 2.45) is 5.73 Å².